The molecule has 0 rings (SSSR count). The zero-order valence-corrected chi connectivity index (χ0v) is 10.3. The Balaban J connectivity index is 4.50. The Kier molecular flexibility index (Phi) is 6.60. The monoisotopic (exact) mass is 233 g/mol. The molecule has 0 aromatic rings. The first-order valence-electron chi connectivity index (χ1n) is 5.05. The quantitative estimate of drug-likeness (QED) is 0.692. The molecule has 4 nitrogen and oxygen atoms in total. The number of hydrogen-bond donors (Lipinski definition) is 2. The molecule has 0 fully saturated rings. The summed E-state index contributed by atoms with van der Waals surface area (Å²) in [5.74, 6) is -0.212. The van der Waals surface area contributed by atoms with Gasteiger partial charge in [0.2, 0.25) is 11.8 Å². The Morgan fingerprint density at radius 3 is 2.33 bits per heavy atom. The first kappa shape index (κ1) is 14.5. The second-order valence-corrected chi connectivity index (χ2v) is 3.95. The average molecular weight is 233 g/mol. The maximum Gasteiger partial charge on any atom is 0.232 e. The topological polar surface area (TPSA) is 57.6 Å². The molecule has 0 radical (unpaired) electrons. The summed E-state index contributed by atoms with van der Waals surface area (Å²) >= 11 is 4.05. The minimum Gasteiger partial charge on any atom is -0.393 e. The van der Waals surface area contributed by atoms with Gasteiger partial charge in [-0.05, 0) is 13.3 Å². The number of imide groups is 1. The van der Waals surface area contributed by atoms with E-state index in [-0.39, 0.29) is 24.3 Å². The zero-order chi connectivity index (χ0) is 12.0. The van der Waals surface area contributed by atoms with Crippen LogP contribution < -0.4 is 0 Å². The van der Waals surface area contributed by atoms with Gasteiger partial charge in [0.15, 0.2) is 0 Å². The summed E-state index contributed by atoms with van der Waals surface area (Å²) in [4.78, 5) is 24.1. The third-order valence-electron chi connectivity index (χ3n) is 2.19. The van der Waals surface area contributed by atoms with Gasteiger partial charge in [0.05, 0.1) is 12.5 Å². The number of carbonyl (C=O) groups is 2. The van der Waals surface area contributed by atoms with Crippen LogP contribution in [0.15, 0.2) is 0 Å². The molecule has 0 saturated heterocycles. The highest BCUT2D eigenvalue weighted by molar-refractivity contribution is 7.80. The minimum absolute atomic E-state index is 0.00576. The molecule has 0 aliphatic carbocycles. The summed E-state index contributed by atoms with van der Waals surface area (Å²) in [7, 11) is 0. The van der Waals surface area contributed by atoms with Crippen molar-refractivity contribution in [2.24, 2.45) is 0 Å². The Labute approximate surface area is 96.1 Å². The fraction of sp³-hybridized carbons (Fsp3) is 0.800. The van der Waals surface area contributed by atoms with Gasteiger partial charge in [-0.25, -0.2) is 0 Å². The highest BCUT2D eigenvalue weighted by Crippen LogP contribution is 2.08. The van der Waals surface area contributed by atoms with Gasteiger partial charge in [-0.1, -0.05) is 6.92 Å². The lowest BCUT2D eigenvalue weighted by molar-refractivity contribution is -0.146. The van der Waals surface area contributed by atoms with Crippen molar-refractivity contribution >= 4 is 24.4 Å². The molecule has 0 aliphatic heterocycles. The minimum atomic E-state index is -0.675. The highest BCUT2D eigenvalue weighted by atomic mass is 32.1. The number of rotatable bonds is 5. The smallest absolute Gasteiger partial charge is 0.232 e. The average Bonchev–Trinajstić information content (AvgIpc) is 2.16. The van der Waals surface area contributed by atoms with E-state index in [2.05, 4.69) is 12.6 Å². The van der Waals surface area contributed by atoms with Crippen LogP contribution in [-0.2, 0) is 9.59 Å². The molecule has 2 atom stereocenters. The SMILES string of the molecule is CC[C@@H](O)CC(=O)N(C(C)=O)[C@H](C)CS. The predicted octanol–water partition coefficient (Wildman–Crippen LogP) is 0.841. The first-order chi connectivity index (χ1) is 6.93. The molecule has 0 bridgehead atoms. The van der Waals surface area contributed by atoms with Gasteiger partial charge in [0.1, 0.15) is 0 Å². The molecule has 0 aliphatic rings. The third-order valence-corrected chi connectivity index (χ3v) is 2.72. The standard InChI is InChI=1S/C10H19NO3S/c1-4-9(13)5-10(14)11(8(3)12)7(2)6-15/h7,9,13,15H,4-6H2,1-3H3/t7-,9-/m1/s1. The van der Waals surface area contributed by atoms with Crippen LogP contribution >= 0.6 is 12.6 Å². The molecular weight excluding hydrogens is 214 g/mol. The van der Waals surface area contributed by atoms with Crippen LogP contribution in [0.3, 0.4) is 0 Å². The van der Waals surface area contributed by atoms with Crippen LogP contribution in [0.2, 0.25) is 0 Å². The van der Waals surface area contributed by atoms with Crippen molar-refractivity contribution < 1.29 is 14.7 Å². The van der Waals surface area contributed by atoms with Gasteiger partial charge in [0.25, 0.3) is 0 Å². The molecule has 5 heteroatoms. The summed E-state index contributed by atoms with van der Waals surface area (Å²) in [5, 5.41) is 9.34. The van der Waals surface area contributed by atoms with E-state index in [1.165, 1.54) is 6.92 Å². The largest absolute Gasteiger partial charge is 0.393 e. The van der Waals surface area contributed by atoms with E-state index < -0.39 is 6.10 Å². The molecule has 1 N–H and O–H groups in total. The molecule has 0 heterocycles. The second kappa shape index (κ2) is 6.85. The molecular formula is C10H19NO3S. The van der Waals surface area contributed by atoms with Crippen molar-refractivity contribution in [3.05, 3.63) is 0 Å². The van der Waals surface area contributed by atoms with Crippen LogP contribution in [0.25, 0.3) is 0 Å². The van der Waals surface area contributed by atoms with Crippen LogP contribution in [0.5, 0.6) is 0 Å². The summed E-state index contributed by atoms with van der Waals surface area (Å²) in [5.41, 5.74) is 0. The lowest BCUT2D eigenvalue weighted by atomic mass is 10.1. The van der Waals surface area contributed by atoms with Gasteiger partial charge < -0.3 is 5.11 Å². The number of aliphatic hydroxyl groups is 1. The van der Waals surface area contributed by atoms with Gasteiger partial charge in [-0.3, -0.25) is 14.5 Å². The Morgan fingerprint density at radius 1 is 1.47 bits per heavy atom. The Bertz CT molecular complexity index is 233. The van der Waals surface area contributed by atoms with Crippen molar-refractivity contribution in [1.82, 2.24) is 4.90 Å². The van der Waals surface area contributed by atoms with Gasteiger partial charge in [-0.2, -0.15) is 12.6 Å². The number of nitrogens with zero attached hydrogens (tertiary/aromatic N) is 1. The molecule has 88 valence electrons. The number of amides is 2. The lowest BCUT2D eigenvalue weighted by Gasteiger charge is -2.25. The van der Waals surface area contributed by atoms with E-state index in [4.69, 9.17) is 0 Å². The maximum absolute atomic E-state index is 11.7. The molecule has 0 unspecified atom stereocenters. The van der Waals surface area contributed by atoms with Crippen LogP contribution in [0, 0.1) is 0 Å². The van der Waals surface area contributed by atoms with E-state index in [1.54, 1.807) is 13.8 Å². The summed E-state index contributed by atoms with van der Waals surface area (Å²) in [6.07, 6.45) is -0.174. The molecule has 0 saturated carbocycles. The van der Waals surface area contributed by atoms with Crippen LogP contribution in [0.4, 0.5) is 0 Å². The van der Waals surface area contributed by atoms with Crippen LogP contribution in [-0.4, -0.2) is 39.7 Å². The number of thiol groups is 1. The predicted molar refractivity (Wildman–Crippen MR) is 61.8 cm³/mol. The third kappa shape index (κ3) is 4.66. The van der Waals surface area contributed by atoms with Gasteiger partial charge in [0, 0.05) is 18.7 Å². The summed E-state index contributed by atoms with van der Waals surface area (Å²) in [6, 6.07) is -0.234. The van der Waals surface area contributed by atoms with Gasteiger partial charge in [-0.15, -0.1) is 0 Å². The first-order valence-corrected chi connectivity index (χ1v) is 5.68. The van der Waals surface area contributed by atoms with Crippen molar-refractivity contribution in [3.8, 4) is 0 Å². The van der Waals surface area contributed by atoms with E-state index >= 15 is 0 Å². The molecule has 0 aromatic heterocycles. The molecule has 2 amide bonds. The number of aliphatic hydroxyl groups excluding tert-OH is 1. The van der Waals surface area contributed by atoms with E-state index in [9.17, 15) is 14.7 Å². The normalized spacial score (nSPS) is 14.5. The fourth-order valence-electron chi connectivity index (χ4n) is 1.26. The highest BCUT2D eigenvalue weighted by Gasteiger charge is 2.24. The molecule has 15 heavy (non-hydrogen) atoms. The van der Waals surface area contributed by atoms with E-state index in [1.807, 2.05) is 0 Å². The lowest BCUT2D eigenvalue weighted by Crippen LogP contribution is -2.44. The Morgan fingerprint density at radius 2 is 2.00 bits per heavy atom. The van der Waals surface area contributed by atoms with Crippen molar-refractivity contribution in [1.29, 1.82) is 0 Å². The summed E-state index contributed by atoms with van der Waals surface area (Å²) in [6.45, 7) is 4.89. The van der Waals surface area contributed by atoms with Crippen LogP contribution in [0.1, 0.15) is 33.6 Å². The maximum atomic E-state index is 11.7. The zero-order valence-electron chi connectivity index (χ0n) is 9.43. The fourth-order valence-corrected chi connectivity index (χ4v) is 1.42. The summed E-state index contributed by atoms with van der Waals surface area (Å²) < 4.78 is 0. The molecule has 0 aromatic carbocycles. The second-order valence-electron chi connectivity index (χ2n) is 3.58. The molecule has 0 spiro atoms. The van der Waals surface area contributed by atoms with E-state index in [0.29, 0.717) is 12.2 Å². The number of carbonyl (C=O) groups excluding carboxylic acids is 2. The van der Waals surface area contributed by atoms with Crippen molar-refractivity contribution in [2.45, 2.75) is 45.8 Å². The van der Waals surface area contributed by atoms with Crippen molar-refractivity contribution in [3.63, 3.8) is 0 Å². The Hall–Kier alpha value is -0.550. The van der Waals surface area contributed by atoms with Crippen molar-refractivity contribution in [2.75, 3.05) is 5.75 Å². The van der Waals surface area contributed by atoms with E-state index in [0.717, 1.165) is 4.90 Å². The van der Waals surface area contributed by atoms with Gasteiger partial charge >= 0.3 is 0 Å². The number of hydrogen-bond acceptors (Lipinski definition) is 4.